The van der Waals surface area contributed by atoms with E-state index in [0.29, 0.717) is 19.8 Å². The molecule has 2 atom stereocenters. The van der Waals surface area contributed by atoms with Crippen LogP contribution in [0.1, 0.15) is 26.2 Å². The van der Waals surface area contributed by atoms with Crippen LogP contribution in [-0.2, 0) is 9.59 Å². The smallest absolute Gasteiger partial charge is 0.415 e. The number of hydrogen-bond acceptors (Lipinski definition) is 3. The second kappa shape index (κ2) is 4.75. The van der Waals surface area contributed by atoms with Gasteiger partial charge < -0.3 is 15.7 Å². The normalized spacial score (nSPS) is 24.5. The molecular weight excluding hydrogens is 253 g/mol. The third-order valence-corrected chi connectivity index (χ3v) is 3.08. The molecule has 0 spiro atoms. The molecule has 0 radical (unpaired) electrons. The van der Waals surface area contributed by atoms with Crippen molar-refractivity contribution in [3.05, 3.63) is 0 Å². The Balaban J connectivity index is 2.97. The van der Waals surface area contributed by atoms with Gasteiger partial charge in [-0.2, -0.15) is 13.2 Å². The number of nitrogens with two attached hydrogens (primary N) is 1. The van der Waals surface area contributed by atoms with Crippen molar-refractivity contribution in [2.75, 3.05) is 6.54 Å². The average Bonchev–Trinajstić information content (AvgIpc) is 2.26. The molecule has 0 aromatic heterocycles. The van der Waals surface area contributed by atoms with Crippen LogP contribution in [0.15, 0.2) is 0 Å². The number of aliphatic carboxylic acids is 1. The van der Waals surface area contributed by atoms with Gasteiger partial charge in [-0.15, -0.1) is 0 Å². The molecule has 1 saturated heterocycles. The summed E-state index contributed by atoms with van der Waals surface area (Å²) < 4.78 is 37.9. The molecule has 1 aliphatic heterocycles. The first-order valence-electron chi connectivity index (χ1n) is 5.48. The maximum atomic E-state index is 12.6. The second-order valence-electron chi connectivity index (χ2n) is 4.55. The van der Waals surface area contributed by atoms with Crippen LogP contribution < -0.4 is 5.73 Å². The number of carboxylic acid groups (broad SMARTS) is 1. The summed E-state index contributed by atoms with van der Waals surface area (Å²) in [6, 6.07) is -1.23. The van der Waals surface area contributed by atoms with E-state index < -0.39 is 29.6 Å². The lowest BCUT2D eigenvalue weighted by Gasteiger charge is -2.38. The maximum absolute atomic E-state index is 12.6. The molecule has 0 aromatic rings. The Morgan fingerprint density at radius 3 is 2.33 bits per heavy atom. The van der Waals surface area contributed by atoms with Crippen molar-refractivity contribution in [2.24, 2.45) is 5.73 Å². The quantitative estimate of drug-likeness (QED) is 0.773. The van der Waals surface area contributed by atoms with Gasteiger partial charge in [-0.3, -0.25) is 4.79 Å². The molecule has 1 heterocycles. The number of halogens is 3. The highest BCUT2D eigenvalue weighted by molar-refractivity contribution is 5.90. The van der Waals surface area contributed by atoms with Crippen molar-refractivity contribution in [3.8, 4) is 0 Å². The summed E-state index contributed by atoms with van der Waals surface area (Å²) in [6.07, 6.45) is -3.73. The van der Waals surface area contributed by atoms with Crippen LogP contribution in [0.5, 0.6) is 0 Å². The van der Waals surface area contributed by atoms with Gasteiger partial charge in [0.1, 0.15) is 6.04 Å². The minimum absolute atomic E-state index is 0.0152. The minimum atomic E-state index is -4.91. The van der Waals surface area contributed by atoms with E-state index in [9.17, 15) is 22.8 Å². The lowest BCUT2D eigenvalue weighted by Crippen LogP contribution is -2.65. The predicted molar refractivity (Wildman–Crippen MR) is 55.6 cm³/mol. The highest BCUT2D eigenvalue weighted by Crippen LogP contribution is 2.31. The minimum Gasteiger partial charge on any atom is -0.480 e. The van der Waals surface area contributed by atoms with Crippen LogP contribution in [0.4, 0.5) is 13.2 Å². The van der Waals surface area contributed by atoms with Crippen LogP contribution >= 0.6 is 0 Å². The number of carboxylic acids is 1. The monoisotopic (exact) mass is 268 g/mol. The van der Waals surface area contributed by atoms with Gasteiger partial charge >= 0.3 is 12.1 Å². The molecular formula is C10H15F3N2O3. The van der Waals surface area contributed by atoms with E-state index in [1.165, 1.54) is 0 Å². The number of rotatable bonds is 2. The van der Waals surface area contributed by atoms with Gasteiger partial charge in [-0.05, 0) is 26.2 Å². The SMILES string of the molecule is CC(N)(C(=O)N1CCCC[C@@H]1C(=O)O)C(F)(F)F. The average molecular weight is 268 g/mol. The van der Waals surface area contributed by atoms with Crippen LogP contribution in [0, 0.1) is 0 Å². The molecule has 1 amide bonds. The fourth-order valence-electron chi connectivity index (χ4n) is 1.85. The molecule has 1 aliphatic rings. The molecule has 0 saturated carbocycles. The lowest BCUT2D eigenvalue weighted by atomic mass is 9.95. The Kier molecular flexibility index (Phi) is 3.89. The number of hydrogen-bond donors (Lipinski definition) is 2. The number of piperidine rings is 1. The van der Waals surface area contributed by atoms with Crippen LogP contribution in [-0.4, -0.2) is 46.2 Å². The number of carbonyl (C=O) groups is 2. The highest BCUT2D eigenvalue weighted by atomic mass is 19.4. The molecule has 18 heavy (non-hydrogen) atoms. The van der Waals surface area contributed by atoms with Gasteiger partial charge in [0.2, 0.25) is 0 Å². The Bertz CT molecular complexity index is 355. The second-order valence-corrected chi connectivity index (χ2v) is 4.55. The molecule has 0 aliphatic carbocycles. The zero-order valence-corrected chi connectivity index (χ0v) is 9.83. The topological polar surface area (TPSA) is 83.6 Å². The van der Waals surface area contributed by atoms with E-state index >= 15 is 0 Å². The highest BCUT2D eigenvalue weighted by Gasteiger charge is 2.56. The van der Waals surface area contributed by atoms with Crippen LogP contribution in [0.3, 0.4) is 0 Å². The Hall–Kier alpha value is -1.31. The van der Waals surface area contributed by atoms with E-state index in [2.05, 4.69) is 0 Å². The van der Waals surface area contributed by atoms with Gasteiger partial charge in [0, 0.05) is 6.54 Å². The van der Waals surface area contributed by atoms with Crippen molar-refractivity contribution in [1.82, 2.24) is 4.90 Å². The number of carbonyl (C=O) groups excluding carboxylic acids is 1. The third kappa shape index (κ3) is 2.58. The largest absolute Gasteiger partial charge is 0.480 e. The predicted octanol–water partition coefficient (Wildman–Crippen LogP) is 0.732. The van der Waals surface area contributed by atoms with Crippen molar-refractivity contribution >= 4 is 11.9 Å². The molecule has 1 unspecified atom stereocenters. The molecule has 1 fully saturated rings. The fraction of sp³-hybridized carbons (Fsp3) is 0.800. The standard InChI is InChI=1S/C10H15F3N2O3/c1-9(14,10(11,12)13)8(18)15-5-3-2-4-6(15)7(16)17/h6H,2-5,14H2,1H3,(H,16,17)/t6-,9?/m1/s1. The van der Waals surface area contributed by atoms with Gasteiger partial charge in [-0.1, -0.05) is 0 Å². The number of nitrogens with zero attached hydrogens (tertiary/aromatic N) is 1. The summed E-state index contributed by atoms with van der Waals surface area (Å²) in [7, 11) is 0. The van der Waals surface area contributed by atoms with E-state index in [-0.39, 0.29) is 13.0 Å². The first-order chi connectivity index (χ1) is 8.09. The number of amides is 1. The van der Waals surface area contributed by atoms with Crippen molar-refractivity contribution in [1.29, 1.82) is 0 Å². The summed E-state index contributed by atoms with van der Waals surface area (Å²) in [4.78, 5) is 23.5. The lowest BCUT2D eigenvalue weighted by molar-refractivity contribution is -0.197. The Morgan fingerprint density at radius 2 is 1.89 bits per heavy atom. The van der Waals surface area contributed by atoms with Gasteiger partial charge in [-0.25, -0.2) is 4.79 Å². The molecule has 0 aromatic carbocycles. The molecule has 3 N–H and O–H groups in total. The fourth-order valence-corrected chi connectivity index (χ4v) is 1.85. The Morgan fingerprint density at radius 1 is 1.33 bits per heavy atom. The molecule has 104 valence electrons. The Labute approximate surface area is 102 Å². The van der Waals surface area contributed by atoms with Crippen molar-refractivity contribution in [3.63, 3.8) is 0 Å². The summed E-state index contributed by atoms with van der Waals surface area (Å²) in [5.74, 6) is -2.69. The number of likely N-dealkylation sites (tertiary alicyclic amines) is 1. The molecule has 5 nitrogen and oxygen atoms in total. The molecule has 0 bridgehead atoms. The zero-order valence-electron chi connectivity index (χ0n) is 9.83. The third-order valence-electron chi connectivity index (χ3n) is 3.08. The van der Waals surface area contributed by atoms with Crippen LogP contribution in [0.25, 0.3) is 0 Å². The van der Waals surface area contributed by atoms with Gasteiger partial charge in [0.05, 0.1) is 0 Å². The molecule has 8 heteroatoms. The summed E-state index contributed by atoms with van der Waals surface area (Å²) in [6.45, 7) is 0.543. The van der Waals surface area contributed by atoms with E-state index in [1.54, 1.807) is 0 Å². The zero-order chi connectivity index (χ0) is 14.1. The van der Waals surface area contributed by atoms with Crippen molar-refractivity contribution < 1.29 is 27.9 Å². The van der Waals surface area contributed by atoms with Gasteiger partial charge in [0.25, 0.3) is 5.91 Å². The summed E-state index contributed by atoms with van der Waals surface area (Å²) in [5.41, 5.74) is 1.96. The van der Waals surface area contributed by atoms with E-state index in [1.807, 2.05) is 0 Å². The van der Waals surface area contributed by atoms with E-state index in [4.69, 9.17) is 10.8 Å². The van der Waals surface area contributed by atoms with E-state index in [0.717, 1.165) is 4.90 Å². The maximum Gasteiger partial charge on any atom is 0.415 e. The summed E-state index contributed by atoms with van der Waals surface area (Å²) in [5, 5.41) is 8.91. The number of alkyl halides is 3. The first kappa shape index (κ1) is 14.7. The summed E-state index contributed by atoms with van der Waals surface area (Å²) >= 11 is 0. The molecule has 1 rings (SSSR count). The van der Waals surface area contributed by atoms with Crippen LogP contribution in [0.2, 0.25) is 0 Å². The van der Waals surface area contributed by atoms with Gasteiger partial charge in [0.15, 0.2) is 5.54 Å². The first-order valence-corrected chi connectivity index (χ1v) is 5.48. The van der Waals surface area contributed by atoms with Crippen molar-refractivity contribution in [2.45, 2.75) is 43.9 Å².